The molecule has 2 N–H and O–H groups in total. The number of methoxy groups -OCH3 is 1. The van der Waals surface area contributed by atoms with E-state index in [4.69, 9.17) is 4.74 Å². The van der Waals surface area contributed by atoms with Gasteiger partial charge in [-0.05, 0) is 47.5 Å². The molecular weight excluding hydrogens is 417 g/mol. The van der Waals surface area contributed by atoms with E-state index in [1.165, 1.54) is 6.07 Å². The molecule has 0 fully saturated rings. The van der Waals surface area contributed by atoms with Crippen LogP contribution in [0.4, 0.5) is 4.39 Å². The molecule has 0 aliphatic carbocycles. The molecule has 33 heavy (non-hydrogen) atoms. The molecule has 7 heteroatoms. The van der Waals surface area contributed by atoms with Crippen LogP contribution in [0.1, 0.15) is 0 Å². The molecule has 0 unspecified atom stereocenters. The average molecular weight is 435 g/mol. The molecule has 0 amide bonds. The van der Waals surface area contributed by atoms with Crippen molar-refractivity contribution in [2.75, 3.05) is 7.11 Å². The van der Waals surface area contributed by atoms with Gasteiger partial charge in [-0.15, -0.1) is 0 Å². The highest BCUT2D eigenvalue weighted by Gasteiger charge is 2.15. The summed E-state index contributed by atoms with van der Waals surface area (Å²) < 4.78 is 19.1. The quantitative estimate of drug-likeness (QED) is 0.357. The standard InChI is InChI=1S/C26H18FN5O/c1-33-18-9-16(12-28-13-18)23-11-21-25(14-29-23)31-32-26(21)24-10-20-19(6-3-7-22(20)30-24)15-4-2-5-17(27)8-15/h2-14,30H,1H3,(H,31,32). The molecule has 6 nitrogen and oxygen atoms in total. The maximum Gasteiger partial charge on any atom is 0.137 e. The van der Waals surface area contributed by atoms with Gasteiger partial charge in [-0.3, -0.25) is 15.1 Å². The van der Waals surface area contributed by atoms with Crippen molar-refractivity contribution < 1.29 is 9.13 Å². The van der Waals surface area contributed by atoms with Crippen LogP contribution in [0.2, 0.25) is 0 Å². The lowest BCUT2D eigenvalue weighted by Crippen LogP contribution is -1.88. The normalized spacial score (nSPS) is 11.3. The van der Waals surface area contributed by atoms with Gasteiger partial charge < -0.3 is 9.72 Å². The molecule has 0 bridgehead atoms. The number of pyridine rings is 2. The predicted octanol–water partition coefficient (Wildman–Crippen LogP) is 5.98. The number of nitrogens with zero attached hydrogens (tertiary/aromatic N) is 3. The number of aromatic nitrogens is 5. The molecule has 2 aromatic carbocycles. The number of halogens is 1. The summed E-state index contributed by atoms with van der Waals surface area (Å²) in [6, 6.07) is 18.5. The van der Waals surface area contributed by atoms with Crippen LogP contribution in [-0.2, 0) is 0 Å². The number of hydrogen-bond acceptors (Lipinski definition) is 4. The van der Waals surface area contributed by atoms with E-state index in [0.29, 0.717) is 5.75 Å². The lowest BCUT2D eigenvalue weighted by atomic mass is 10.0. The third-order valence-electron chi connectivity index (χ3n) is 5.75. The van der Waals surface area contributed by atoms with Crippen LogP contribution in [0.5, 0.6) is 5.75 Å². The van der Waals surface area contributed by atoms with E-state index >= 15 is 0 Å². The van der Waals surface area contributed by atoms with E-state index in [1.807, 2.05) is 36.4 Å². The van der Waals surface area contributed by atoms with Crippen molar-refractivity contribution in [3.05, 3.63) is 85.1 Å². The summed E-state index contributed by atoms with van der Waals surface area (Å²) in [7, 11) is 1.61. The van der Waals surface area contributed by atoms with Crippen molar-refractivity contribution in [3.8, 4) is 39.5 Å². The lowest BCUT2D eigenvalue weighted by molar-refractivity contribution is 0.413. The Morgan fingerprint density at radius 1 is 0.848 bits per heavy atom. The van der Waals surface area contributed by atoms with E-state index in [0.717, 1.165) is 55.6 Å². The maximum absolute atomic E-state index is 13.8. The molecule has 0 spiro atoms. The number of benzene rings is 2. The molecule has 160 valence electrons. The molecular formula is C26H18FN5O. The summed E-state index contributed by atoms with van der Waals surface area (Å²) in [6.07, 6.45) is 5.18. The van der Waals surface area contributed by atoms with Crippen LogP contribution in [0.15, 0.2) is 79.3 Å². The van der Waals surface area contributed by atoms with Gasteiger partial charge in [-0.2, -0.15) is 5.10 Å². The number of aromatic amines is 2. The zero-order chi connectivity index (χ0) is 22.4. The second kappa shape index (κ2) is 7.56. The first-order valence-electron chi connectivity index (χ1n) is 10.4. The predicted molar refractivity (Wildman–Crippen MR) is 126 cm³/mol. The first-order chi connectivity index (χ1) is 16.2. The van der Waals surface area contributed by atoms with Crippen molar-refractivity contribution >= 4 is 21.8 Å². The summed E-state index contributed by atoms with van der Waals surface area (Å²) in [5.74, 6) is 0.410. The molecule has 6 aromatic rings. The van der Waals surface area contributed by atoms with Crippen LogP contribution < -0.4 is 4.74 Å². The van der Waals surface area contributed by atoms with Crippen molar-refractivity contribution in [3.63, 3.8) is 0 Å². The van der Waals surface area contributed by atoms with Crippen LogP contribution in [0.25, 0.3) is 55.6 Å². The minimum Gasteiger partial charge on any atom is -0.495 e. The van der Waals surface area contributed by atoms with Crippen molar-refractivity contribution in [1.29, 1.82) is 0 Å². The highest BCUT2D eigenvalue weighted by atomic mass is 19.1. The van der Waals surface area contributed by atoms with Gasteiger partial charge in [0.25, 0.3) is 0 Å². The summed E-state index contributed by atoms with van der Waals surface area (Å²) in [4.78, 5) is 12.2. The Bertz CT molecular complexity index is 1640. The van der Waals surface area contributed by atoms with Gasteiger partial charge in [0, 0.05) is 28.0 Å². The fourth-order valence-electron chi connectivity index (χ4n) is 4.14. The van der Waals surface area contributed by atoms with Crippen LogP contribution >= 0.6 is 0 Å². The molecule has 0 aliphatic heterocycles. The summed E-state index contributed by atoms with van der Waals surface area (Å²) in [6.45, 7) is 0. The Labute approximate surface area is 188 Å². The van der Waals surface area contributed by atoms with Gasteiger partial charge in [0.1, 0.15) is 17.3 Å². The molecule has 6 rings (SSSR count). The smallest absolute Gasteiger partial charge is 0.137 e. The Morgan fingerprint density at radius 3 is 2.64 bits per heavy atom. The monoisotopic (exact) mass is 435 g/mol. The lowest BCUT2D eigenvalue weighted by Gasteiger charge is -2.04. The van der Waals surface area contributed by atoms with E-state index in [9.17, 15) is 4.39 Å². The molecule has 0 aliphatic rings. The number of nitrogens with one attached hydrogen (secondary N) is 2. The van der Waals surface area contributed by atoms with Crippen LogP contribution in [0, 0.1) is 5.82 Å². The third-order valence-corrected chi connectivity index (χ3v) is 5.75. The SMILES string of the molecule is COc1cncc(-c2cc3c(-c4cc5c(-c6cccc(F)c6)cccc5[nH]4)n[nH]c3cn2)c1. The Hall–Kier alpha value is -4.52. The average Bonchev–Trinajstić information content (AvgIpc) is 3.47. The molecule has 4 heterocycles. The van der Waals surface area contributed by atoms with Crippen molar-refractivity contribution in [2.24, 2.45) is 0 Å². The topological polar surface area (TPSA) is 79.5 Å². The fraction of sp³-hybridized carbons (Fsp3) is 0.0385. The largest absolute Gasteiger partial charge is 0.495 e. The molecule has 0 radical (unpaired) electrons. The van der Waals surface area contributed by atoms with Gasteiger partial charge in [0.2, 0.25) is 0 Å². The molecule has 0 saturated heterocycles. The zero-order valence-corrected chi connectivity index (χ0v) is 17.6. The minimum atomic E-state index is -0.259. The van der Waals surface area contributed by atoms with Crippen molar-refractivity contribution in [2.45, 2.75) is 0 Å². The number of fused-ring (bicyclic) bond motifs is 2. The number of hydrogen-bond donors (Lipinski definition) is 2. The second-order valence-corrected chi connectivity index (χ2v) is 7.76. The Balaban J connectivity index is 1.49. The number of ether oxygens (including phenoxy) is 1. The van der Waals surface area contributed by atoms with Gasteiger partial charge >= 0.3 is 0 Å². The van der Waals surface area contributed by atoms with E-state index in [1.54, 1.807) is 37.8 Å². The van der Waals surface area contributed by atoms with E-state index in [2.05, 4.69) is 31.2 Å². The minimum absolute atomic E-state index is 0.259. The summed E-state index contributed by atoms with van der Waals surface area (Å²) in [5.41, 5.74) is 6.84. The van der Waals surface area contributed by atoms with Crippen LogP contribution in [-0.4, -0.2) is 32.3 Å². The third kappa shape index (κ3) is 3.30. The van der Waals surface area contributed by atoms with E-state index < -0.39 is 0 Å². The molecule has 0 atom stereocenters. The van der Waals surface area contributed by atoms with Gasteiger partial charge in [-0.1, -0.05) is 24.3 Å². The van der Waals surface area contributed by atoms with E-state index in [-0.39, 0.29) is 5.82 Å². The van der Waals surface area contributed by atoms with Crippen LogP contribution in [0.3, 0.4) is 0 Å². The Kier molecular flexibility index (Phi) is 4.40. The first kappa shape index (κ1) is 19.2. The van der Waals surface area contributed by atoms with Gasteiger partial charge in [0.05, 0.1) is 36.4 Å². The zero-order valence-electron chi connectivity index (χ0n) is 17.6. The highest BCUT2D eigenvalue weighted by Crippen LogP contribution is 2.35. The maximum atomic E-state index is 13.8. The number of H-pyrrole nitrogens is 2. The molecule has 4 aromatic heterocycles. The number of rotatable bonds is 4. The fourth-order valence-corrected chi connectivity index (χ4v) is 4.14. The summed E-state index contributed by atoms with van der Waals surface area (Å²) in [5, 5.41) is 9.55. The first-order valence-corrected chi connectivity index (χ1v) is 10.4. The van der Waals surface area contributed by atoms with Gasteiger partial charge in [0.15, 0.2) is 0 Å². The highest BCUT2D eigenvalue weighted by molar-refractivity contribution is 6.01. The van der Waals surface area contributed by atoms with Crippen molar-refractivity contribution in [1.82, 2.24) is 25.1 Å². The molecule has 0 saturated carbocycles. The Morgan fingerprint density at radius 2 is 1.76 bits per heavy atom. The van der Waals surface area contributed by atoms with Gasteiger partial charge in [-0.25, -0.2) is 4.39 Å². The second-order valence-electron chi connectivity index (χ2n) is 7.76. The summed E-state index contributed by atoms with van der Waals surface area (Å²) >= 11 is 0.